The smallest absolute Gasteiger partial charge is 0.462 e. The zero-order valence-electron chi connectivity index (χ0n) is 59.9. The topological polar surface area (TPSA) is 237 Å². The molecule has 17 nitrogen and oxygen atoms in total. The summed E-state index contributed by atoms with van der Waals surface area (Å²) in [5, 5.41) is 10.6. The van der Waals surface area contributed by atoms with Crippen LogP contribution in [0.25, 0.3) is 0 Å². The minimum atomic E-state index is -4.95. The molecule has 6 atom stereocenters. The fraction of sp³-hybridized carbons (Fsp3) is 0.945. The molecule has 0 saturated heterocycles. The molecular formula is C73H142O17P2. The second kappa shape index (κ2) is 65.0. The molecule has 0 aromatic rings. The lowest BCUT2D eigenvalue weighted by atomic mass is 10.00. The molecule has 0 aliphatic rings. The Morgan fingerprint density at radius 1 is 0.315 bits per heavy atom. The Hall–Kier alpha value is -1.94. The van der Waals surface area contributed by atoms with Crippen LogP contribution in [-0.4, -0.2) is 96.7 Å². The maximum atomic E-state index is 13.1. The molecule has 0 aliphatic heterocycles. The third-order valence-corrected chi connectivity index (χ3v) is 19.2. The zero-order chi connectivity index (χ0) is 67.9. The van der Waals surface area contributed by atoms with E-state index in [4.69, 9.17) is 37.0 Å². The van der Waals surface area contributed by atoms with Crippen molar-refractivity contribution >= 4 is 39.5 Å². The van der Waals surface area contributed by atoms with Crippen molar-refractivity contribution in [2.24, 2.45) is 11.8 Å². The van der Waals surface area contributed by atoms with E-state index in [0.29, 0.717) is 25.7 Å². The predicted octanol–water partition coefficient (Wildman–Crippen LogP) is 21.2. The Labute approximate surface area is 562 Å². The van der Waals surface area contributed by atoms with Crippen LogP contribution in [0, 0.1) is 11.8 Å². The van der Waals surface area contributed by atoms with Gasteiger partial charge >= 0.3 is 39.5 Å². The van der Waals surface area contributed by atoms with Gasteiger partial charge < -0.3 is 33.8 Å². The first-order valence-electron chi connectivity index (χ1n) is 38.0. The molecule has 546 valence electrons. The molecule has 92 heavy (non-hydrogen) atoms. The maximum absolute atomic E-state index is 13.1. The molecule has 0 aliphatic carbocycles. The highest BCUT2D eigenvalue weighted by molar-refractivity contribution is 7.47. The summed E-state index contributed by atoms with van der Waals surface area (Å²) in [6.07, 6.45) is 51.4. The van der Waals surface area contributed by atoms with Crippen molar-refractivity contribution in [2.75, 3.05) is 39.6 Å². The number of phosphoric acid groups is 2. The number of aliphatic hydroxyl groups excluding tert-OH is 1. The Balaban J connectivity index is 5.23. The monoisotopic (exact) mass is 1350 g/mol. The molecule has 0 amide bonds. The van der Waals surface area contributed by atoms with Gasteiger partial charge in [-0.25, -0.2) is 9.13 Å². The Morgan fingerprint density at radius 2 is 0.554 bits per heavy atom. The summed E-state index contributed by atoms with van der Waals surface area (Å²) >= 11 is 0. The standard InChI is InChI=1S/C73H142O17P2/c1-7-10-12-14-16-18-20-22-23-24-25-26-28-30-32-37-45-51-57-72(77)89-68(61-83-70(75)55-49-43-36-31-29-27-21-19-17-15-13-11-8-2)63-87-91(79,80)85-59-67(74)60-86-92(81,82)88-64-69(62-84-71(76)56-50-44-40-39-42-48-54-66(6)9-3)90-73(78)58-52-46-38-34-33-35-41-47-53-65(4)5/h65-69,74H,7-64H2,1-6H3,(H,79,80)(H,81,82)/t66?,67-,68-,69-/m1/s1. The van der Waals surface area contributed by atoms with Crippen LogP contribution in [0.3, 0.4) is 0 Å². The summed E-state index contributed by atoms with van der Waals surface area (Å²) in [5.74, 6) is -0.673. The van der Waals surface area contributed by atoms with Gasteiger partial charge in [-0.05, 0) is 37.5 Å². The van der Waals surface area contributed by atoms with Crippen molar-refractivity contribution in [3.05, 3.63) is 0 Å². The second-order valence-electron chi connectivity index (χ2n) is 27.1. The molecular weight excluding hydrogens is 1210 g/mol. The van der Waals surface area contributed by atoms with Crippen molar-refractivity contribution in [3.63, 3.8) is 0 Å². The fourth-order valence-electron chi connectivity index (χ4n) is 11.1. The third-order valence-electron chi connectivity index (χ3n) is 17.3. The van der Waals surface area contributed by atoms with Gasteiger partial charge in [0.2, 0.25) is 0 Å². The molecule has 0 fully saturated rings. The summed E-state index contributed by atoms with van der Waals surface area (Å²) < 4.78 is 68.4. The molecule has 0 aromatic heterocycles. The number of carbonyl (C=O) groups excluding carboxylic acids is 4. The number of unbranched alkanes of at least 4 members (excludes halogenated alkanes) is 41. The van der Waals surface area contributed by atoms with E-state index in [1.165, 1.54) is 186 Å². The number of hydrogen-bond acceptors (Lipinski definition) is 15. The summed E-state index contributed by atoms with van der Waals surface area (Å²) in [6, 6.07) is 0. The minimum absolute atomic E-state index is 0.104. The molecule has 0 radical (unpaired) electrons. The molecule has 0 bridgehead atoms. The van der Waals surface area contributed by atoms with Gasteiger partial charge in [-0.15, -0.1) is 0 Å². The quantitative estimate of drug-likeness (QED) is 0.0222. The lowest BCUT2D eigenvalue weighted by molar-refractivity contribution is -0.161. The van der Waals surface area contributed by atoms with Gasteiger partial charge in [0.1, 0.15) is 19.3 Å². The molecule has 3 N–H and O–H groups in total. The Bertz CT molecular complexity index is 1790. The van der Waals surface area contributed by atoms with Crippen LogP contribution < -0.4 is 0 Å². The molecule has 19 heteroatoms. The van der Waals surface area contributed by atoms with E-state index in [0.717, 1.165) is 108 Å². The second-order valence-corrected chi connectivity index (χ2v) is 30.0. The number of phosphoric ester groups is 2. The molecule has 0 aromatic carbocycles. The number of rotatable bonds is 72. The average molecular weight is 1350 g/mol. The molecule has 0 saturated carbocycles. The minimum Gasteiger partial charge on any atom is -0.462 e. The SMILES string of the molecule is CCCCCCCCCCCCCCCCCCCCC(=O)O[C@H](COC(=O)CCCCCCCCCCCCCCC)COP(=O)(O)OC[C@@H](O)COP(=O)(O)OC[C@@H](COC(=O)CCCCCCCCC(C)CC)OC(=O)CCCCCCCCCCC(C)C. The normalized spacial score (nSPS) is 14.4. The number of esters is 4. The Morgan fingerprint density at radius 3 is 0.826 bits per heavy atom. The molecule has 0 spiro atoms. The van der Waals surface area contributed by atoms with Crippen molar-refractivity contribution < 1.29 is 80.2 Å². The van der Waals surface area contributed by atoms with Crippen molar-refractivity contribution in [3.8, 4) is 0 Å². The van der Waals surface area contributed by atoms with E-state index >= 15 is 0 Å². The van der Waals surface area contributed by atoms with Crippen LogP contribution in [0.15, 0.2) is 0 Å². The van der Waals surface area contributed by atoms with Gasteiger partial charge in [0.05, 0.1) is 26.4 Å². The van der Waals surface area contributed by atoms with Crippen LogP contribution in [0.2, 0.25) is 0 Å². The van der Waals surface area contributed by atoms with Crippen molar-refractivity contribution in [1.82, 2.24) is 0 Å². The summed E-state index contributed by atoms with van der Waals surface area (Å²) in [7, 11) is -9.90. The van der Waals surface area contributed by atoms with Gasteiger partial charge in [-0.1, -0.05) is 324 Å². The maximum Gasteiger partial charge on any atom is 0.472 e. The number of aliphatic hydroxyl groups is 1. The predicted molar refractivity (Wildman–Crippen MR) is 372 cm³/mol. The van der Waals surface area contributed by atoms with Crippen LogP contribution in [0.1, 0.15) is 375 Å². The van der Waals surface area contributed by atoms with Gasteiger partial charge in [-0.3, -0.25) is 37.3 Å². The summed E-state index contributed by atoms with van der Waals surface area (Å²) in [5.41, 5.74) is 0. The molecule has 0 heterocycles. The van der Waals surface area contributed by atoms with Crippen molar-refractivity contribution in [2.45, 2.75) is 394 Å². The highest BCUT2D eigenvalue weighted by atomic mass is 31.2. The first kappa shape index (κ1) is 90.1. The van der Waals surface area contributed by atoms with Crippen LogP contribution in [-0.2, 0) is 65.4 Å². The number of hydrogen-bond donors (Lipinski definition) is 3. The lowest BCUT2D eigenvalue weighted by Crippen LogP contribution is -2.30. The zero-order valence-corrected chi connectivity index (χ0v) is 61.6. The van der Waals surface area contributed by atoms with E-state index in [9.17, 15) is 43.2 Å². The number of carbonyl (C=O) groups is 4. The van der Waals surface area contributed by atoms with Gasteiger partial charge in [-0.2, -0.15) is 0 Å². The lowest BCUT2D eigenvalue weighted by Gasteiger charge is -2.21. The van der Waals surface area contributed by atoms with E-state index in [1.54, 1.807) is 0 Å². The van der Waals surface area contributed by atoms with Crippen LogP contribution in [0.5, 0.6) is 0 Å². The highest BCUT2D eigenvalue weighted by Crippen LogP contribution is 2.45. The van der Waals surface area contributed by atoms with Gasteiger partial charge in [0, 0.05) is 25.7 Å². The first-order chi connectivity index (χ1) is 44.4. The Kier molecular flexibility index (Phi) is 63.7. The summed E-state index contributed by atoms with van der Waals surface area (Å²) in [6.45, 7) is 9.49. The first-order valence-corrected chi connectivity index (χ1v) is 41.0. The van der Waals surface area contributed by atoms with Crippen LogP contribution >= 0.6 is 15.6 Å². The third kappa shape index (κ3) is 65.4. The van der Waals surface area contributed by atoms with Gasteiger partial charge in [0.15, 0.2) is 12.2 Å². The van der Waals surface area contributed by atoms with E-state index in [2.05, 4.69) is 41.5 Å². The molecule has 0 rings (SSSR count). The van der Waals surface area contributed by atoms with E-state index in [-0.39, 0.29) is 25.7 Å². The van der Waals surface area contributed by atoms with Crippen molar-refractivity contribution in [1.29, 1.82) is 0 Å². The molecule has 3 unspecified atom stereocenters. The summed E-state index contributed by atoms with van der Waals surface area (Å²) in [4.78, 5) is 72.6. The fourth-order valence-corrected chi connectivity index (χ4v) is 12.7. The van der Waals surface area contributed by atoms with E-state index < -0.39 is 97.5 Å². The van der Waals surface area contributed by atoms with Crippen LogP contribution in [0.4, 0.5) is 0 Å². The highest BCUT2D eigenvalue weighted by Gasteiger charge is 2.30. The van der Waals surface area contributed by atoms with E-state index in [1.807, 2.05) is 0 Å². The average Bonchev–Trinajstić information content (AvgIpc) is 1.73. The number of ether oxygens (including phenoxy) is 4. The van der Waals surface area contributed by atoms with Gasteiger partial charge in [0.25, 0.3) is 0 Å². The largest absolute Gasteiger partial charge is 0.472 e.